The van der Waals surface area contributed by atoms with Gasteiger partial charge in [0, 0.05) is 18.5 Å². The fraction of sp³-hybridized carbons (Fsp3) is 0.429. The summed E-state index contributed by atoms with van der Waals surface area (Å²) in [5.74, 6) is 0.973. The summed E-state index contributed by atoms with van der Waals surface area (Å²) in [4.78, 5) is 0. The normalized spacial score (nSPS) is 13.1. The van der Waals surface area contributed by atoms with Gasteiger partial charge in [-0.05, 0) is 18.6 Å². The maximum atomic E-state index is 5.74. The zero-order valence-corrected chi connectivity index (χ0v) is 10.4. The topological polar surface area (TPSA) is 34.4 Å². The van der Waals surface area contributed by atoms with Crippen molar-refractivity contribution >= 4 is 11.0 Å². The Labute approximate surface area is 102 Å². The highest BCUT2D eigenvalue weighted by Crippen LogP contribution is 2.18. The number of nitrogens with one attached hydrogen (secondary N) is 1. The van der Waals surface area contributed by atoms with Crippen LogP contribution in [0.25, 0.3) is 11.0 Å². The van der Waals surface area contributed by atoms with Crippen LogP contribution in [0.5, 0.6) is 0 Å². The molecule has 0 bridgehead atoms. The van der Waals surface area contributed by atoms with Gasteiger partial charge in [0.25, 0.3) is 0 Å². The molecule has 0 saturated heterocycles. The second-order valence-corrected chi connectivity index (χ2v) is 4.19. The predicted octanol–water partition coefficient (Wildman–Crippen LogP) is 2.95. The summed E-state index contributed by atoms with van der Waals surface area (Å²) in [5.41, 5.74) is 0.948. The van der Waals surface area contributed by atoms with Crippen molar-refractivity contribution in [2.45, 2.75) is 25.9 Å². The molecule has 2 rings (SSSR count). The maximum absolute atomic E-state index is 5.74. The average molecular weight is 233 g/mol. The zero-order valence-electron chi connectivity index (χ0n) is 10.4. The number of ether oxygens (including phenoxy) is 1. The summed E-state index contributed by atoms with van der Waals surface area (Å²) < 4.78 is 10.9. The first kappa shape index (κ1) is 12.1. The standard InChI is InChI=1S/C14H19NO2/c1-3-12(10-16-2)15-9-13-8-11-6-4-5-7-14(11)17-13/h4-8,12,15H,3,9-10H2,1-2H3. The van der Waals surface area contributed by atoms with E-state index >= 15 is 0 Å². The van der Waals surface area contributed by atoms with Crippen LogP contribution in [0.2, 0.25) is 0 Å². The van der Waals surface area contributed by atoms with Gasteiger partial charge in [0.15, 0.2) is 0 Å². The van der Waals surface area contributed by atoms with Crippen LogP contribution >= 0.6 is 0 Å². The second-order valence-electron chi connectivity index (χ2n) is 4.19. The van der Waals surface area contributed by atoms with Gasteiger partial charge in [0.1, 0.15) is 11.3 Å². The van der Waals surface area contributed by atoms with Crippen LogP contribution in [0.4, 0.5) is 0 Å². The molecule has 0 spiro atoms. The number of rotatable bonds is 6. The first-order chi connectivity index (χ1) is 8.33. The summed E-state index contributed by atoms with van der Waals surface area (Å²) in [6, 6.07) is 10.5. The molecule has 17 heavy (non-hydrogen) atoms. The van der Waals surface area contributed by atoms with Crippen LogP contribution in [0.3, 0.4) is 0 Å². The van der Waals surface area contributed by atoms with Crippen molar-refractivity contribution < 1.29 is 9.15 Å². The lowest BCUT2D eigenvalue weighted by Crippen LogP contribution is -2.31. The van der Waals surface area contributed by atoms with Gasteiger partial charge in [0.2, 0.25) is 0 Å². The molecule has 0 saturated carbocycles. The molecule has 1 aromatic carbocycles. The smallest absolute Gasteiger partial charge is 0.134 e. The number of hydrogen-bond donors (Lipinski definition) is 1. The molecule has 1 atom stereocenters. The van der Waals surface area contributed by atoms with E-state index in [4.69, 9.17) is 9.15 Å². The van der Waals surface area contributed by atoms with E-state index in [-0.39, 0.29) is 0 Å². The van der Waals surface area contributed by atoms with Gasteiger partial charge < -0.3 is 14.5 Å². The first-order valence-corrected chi connectivity index (χ1v) is 6.03. The molecule has 0 aliphatic rings. The molecule has 92 valence electrons. The fourth-order valence-electron chi connectivity index (χ4n) is 1.89. The van der Waals surface area contributed by atoms with Crippen molar-refractivity contribution in [2.24, 2.45) is 0 Å². The van der Waals surface area contributed by atoms with E-state index in [9.17, 15) is 0 Å². The highest BCUT2D eigenvalue weighted by atomic mass is 16.5. The molecule has 0 aliphatic carbocycles. The summed E-state index contributed by atoms with van der Waals surface area (Å²) in [5, 5.41) is 4.59. The summed E-state index contributed by atoms with van der Waals surface area (Å²) in [6.45, 7) is 3.63. The SMILES string of the molecule is CCC(COC)NCc1cc2ccccc2o1. The van der Waals surface area contributed by atoms with E-state index < -0.39 is 0 Å². The molecule has 2 aromatic rings. The molecule has 3 nitrogen and oxygen atoms in total. The van der Waals surface area contributed by atoms with E-state index in [0.29, 0.717) is 6.04 Å². The Morgan fingerprint density at radius 1 is 1.35 bits per heavy atom. The molecule has 3 heteroatoms. The quantitative estimate of drug-likeness (QED) is 0.833. The second kappa shape index (κ2) is 5.84. The Kier molecular flexibility index (Phi) is 4.18. The number of para-hydroxylation sites is 1. The predicted molar refractivity (Wildman–Crippen MR) is 69.0 cm³/mol. The van der Waals surface area contributed by atoms with Gasteiger partial charge in [-0.2, -0.15) is 0 Å². The number of methoxy groups -OCH3 is 1. The third kappa shape index (κ3) is 3.08. The summed E-state index contributed by atoms with van der Waals surface area (Å²) in [6.07, 6.45) is 1.05. The van der Waals surface area contributed by atoms with Crippen LogP contribution in [-0.2, 0) is 11.3 Å². The maximum Gasteiger partial charge on any atom is 0.134 e. The van der Waals surface area contributed by atoms with Crippen LogP contribution in [-0.4, -0.2) is 19.8 Å². The lowest BCUT2D eigenvalue weighted by Gasteiger charge is -2.14. The Hall–Kier alpha value is -1.32. The van der Waals surface area contributed by atoms with Crippen molar-refractivity contribution in [2.75, 3.05) is 13.7 Å². The van der Waals surface area contributed by atoms with Gasteiger partial charge in [-0.25, -0.2) is 0 Å². The largest absolute Gasteiger partial charge is 0.460 e. The number of benzene rings is 1. The van der Waals surface area contributed by atoms with Crippen molar-refractivity contribution in [3.8, 4) is 0 Å². The molecule has 0 radical (unpaired) electrons. The Bertz CT molecular complexity index is 431. The molecule has 1 unspecified atom stereocenters. The molecule has 0 aliphatic heterocycles. The van der Waals surface area contributed by atoms with Crippen LogP contribution in [0.1, 0.15) is 19.1 Å². The number of fused-ring (bicyclic) bond motifs is 1. The molecule has 1 heterocycles. The fourth-order valence-corrected chi connectivity index (χ4v) is 1.89. The number of furan rings is 1. The molecular weight excluding hydrogens is 214 g/mol. The highest BCUT2D eigenvalue weighted by Gasteiger charge is 2.07. The van der Waals surface area contributed by atoms with Gasteiger partial charge in [-0.3, -0.25) is 0 Å². The monoisotopic (exact) mass is 233 g/mol. The molecule has 1 N–H and O–H groups in total. The van der Waals surface area contributed by atoms with Crippen molar-refractivity contribution in [1.82, 2.24) is 5.32 Å². The van der Waals surface area contributed by atoms with Gasteiger partial charge in [-0.15, -0.1) is 0 Å². The van der Waals surface area contributed by atoms with Crippen molar-refractivity contribution in [3.63, 3.8) is 0 Å². The molecular formula is C14H19NO2. The average Bonchev–Trinajstić information content (AvgIpc) is 2.77. The van der Waals surface area contributed by atoms with Gasteiger partial charge in [0.05, 0.1) is 13.2 Å². The minimum Gasteiger partial charge on any atom is -0.460 e. The lowest BCUT2D eigenvalue weighted by molar-refractivity contribution is 0.163. The van der Waals surface area contributed by atoms with E-state index in [1.165, 1.54) is 0 Å². The van der Waals surface area contributed by atoms with E-state index in [1.807, 2.05) is 18.2 Å². The first-order valence-electron chi connectivity index (χ1n) is 6.03. The van der Waals surface area contributed by atoms with Gasteiger partial charge >= 0.3 is 0 Å². The summed E-state index contributed by atoms with van der Waals surface area (Å²) in [7, 11) is 1.73. The molecule has 0 fully saturated rings. The Balaban J connectivity index is 1.98. The summed E-state index contributed by atoms with van der Waals surface area (Å²) >= 11 is 0. The third-order valence-electron chi connectivity index (χ3n) is 2.90. The van der Waals surface area contributed by atoms with E-state index in [2.05, 4.69) is 24.4 Å². The minimum atomic E-state index is 0.383. The van der Waals surface area contributed by atoms with Crippen molar-refractivity contribution in [1.29, 1.82) is 0 Å². The molecule has 0 amide bonds. The van der Waals surface area contributed by atoms with Crippen LogP contribution in [0.15, 0.2) is 34.7 Å². The van der Waals surface area contributed by atoms with E-state index in [1.54, 1.807) is 7.11 Å². The van der Waals surface area contributed by atoms with Crippen LogP contribution < -0.4 is 5.32 Å². The molecule has 1 aromatic heterocycles. The lowest BCUT2D eigenvalue weighted by atomic mass is 10.2. The zero-order chi connectivity index (χ0) is 12.1. The number of hydrogen-bond acceptors (Lipinski definition) is 3. The highest BCUT2D eigenvalue weighted by molar-refractivity contribution is 5.77. The third-order valence-corrected chi connectivity index (χ3v) is 2.90. The Morgan fingerprint density at radius 2 is 2.18 bits per heavy atom. The Morgan fingerprint density at radius 3 is 2.88 bits per heavy atom. The minimum absolute atomic E-state index is 0.383. The van der Waals surface area contributed by atoms with E-state index in [0.717, 1.165) is 36.3 Å². The van der Waals surface area contributed by atoms with Gasteiger partial charge in [-0.1, -0.05) is 25.1 Å². The van der Waals surface area contributed by atoms with Crippen LogP contribution in [0, 0.1) is 0 Å². The van der Waals surface area contributed by atoms with Crippen molar-refractivity contribution in [3.05, 3.63) is 36.1 Å².